The molecule has 1 unspecified atom stereocenters. The summed E-state index contributed by atoms with van der Waals surface area (Å²) in [6.07, 6.45) is 3.92. The molecule has 6 heteroatoms. The van der Waals surface area contributed by atoms with Crippen LogP contribution in [0, 0.1) is 0 Å². The predicted molar refractivity (Wildman–Crippen MR) is 99.0 cm³/mol. The van der Waals surface area contributed by atoms with Crippen LogP contribution >= 0.6 is 0 Å². The highest BCUT2D eigenvalue weighted by Crippen LogP contribution is 2.19. The molecule has 0 aliphatic heterocycles. The molecule has 1 atom stereocenters. The van der Waals surface area contributed by atoms with Gasteiger partial charge in [0.1, 0.15) is 6.04 Å². The quantitative estimate of drug-likeness (QED) is 0.610. The van der Waals surface area contributed by atoms with Crippen molar-refractivity contribution in [3.63, 3.8) is 0 Å². The fourth-order valence-corrected chi connectivity index (χ4v) is 2.52. The van der Waals surface area contributed by atoms with E-state index in [0.717, 1.165) is 30.5 Å². The summed E-state index contributed by atoms with van der Waals surface area (Å²) < 4.78 is 0. The van der Waals surface area contributed by atoms with Crippen molar-refractivity contribution in [2.24, 2.45) is 0 Å². The summed E-state index contributed by atoms with van der Waals surface area (Å²) in [5.41, 5.74) is 1.82. The van der Waals surface area contributed by atoms with Gasteiger partial charge in [-0.2, -0.15) is 5.10 Å². The van der Waals surface area contributed by atoms with Gasteiger partial charge in [0.15, 0.2) is 5.82 Å². The SMILES string of the molecule is CCCCCC(=O)NC(CC)C(=O)Nc1cc(-c2ccccc2)[nH]n1. The highest BCUT2D eigenvalue weighted by Gasteiger charge is 2.19. The summed E-state index contributed by atoms with van der Waals surface area (Å²) in [7, 11) is 0. The predicted octanol–water partition coefficient (Wildman–Crippen LogP) is 3.49. The Morgan fingerprint density at radius 2 is 1.92 bits per heavy atom. The molecule has 0 fully saturated rings. The third-order valence-electron chi connectivity index (χ3n) is 3.98. The number of anilines is 1. The second kappa shape index (κ2) is 9.61. The van der Waals surface area contributed by atoms with E-state index in [2.05, 4.69) is 27.8 Å². The lowest BCUT2D eigenvalue weighted by molar-refractivity contribution is -0.126. The number of hydrogen-bond donors (Lipinski definition) is 3. The van der Waals surface area contributed by atoms with Gasteiger partial charge in [-0.05, 0) is 18.4 Å². The topological polar surface area (TPSA) is 86.9 Å². The van der Waals surface area contributed by atoms with E-state index >= 15 is 0 Å². The van der Waals surface area contributed by atoms with Gasteiger partial charge in [-0.3, -0.25) is 14.7 Å². The minimum absolute atomic E-state index is 0.0811. The number of aromatic nitrogens is 2. The Hall–Kier alpha value is -2.63. The summed E-state index contributed by atoms with van der Waals surface area (Å²) in [5.74, 6) is 0.113. The largest absolute Gasteiger partial charge is 0.344 e. The van der Waals surface area contributed by atoms with Gasteiger partial charge in [0.2, 0.25) is 11.8 Å². The summed E-state index contributed by atoms with van der Waals surface area (Å²) in [4.78, 5) is 24.3. The number of aromatic amines is 1. The smallest absolute Gasteiger partial charge is 0.248 e. The molecule has 1 aromatic carbocycles. The van der Waals surface area contributed by atoms with E-state index < -0.39 is 6.04 Å². The fourth-order valence-electron chi connectivity index (χ4n) is 2.52. The molecule has 0 saturated heterocycles. The molecule has 1 aromatic heterocycles. The van der Waals surface area contributed by atoms with Crippen LogP contribution in [0.3, 0.4) is 0 Å². The number of amides is 2. The van der Waals surface area contributed by atoms with Gasteiger partial charge in [-0.1, -0.05) is 57.0 Å². The number of rotatable bonds is 9. The summed E-state index contributed by atoms with van der Waals surface area (Å²) >= 11 is 0. The zero-order valence-corrected chi connectivity index (χ0v) is 14.8. The van der Waals surface area contributed by atoms with Gasteiger partial charge in [0.25, 0.3) is 0 Å². The summed E-state index contributed by atoms with van der Waals surface area (Å²) in [6.45, 7) is 3.96. The average Bonchev–Trinajstić information content (AvgIpc) is 3.09. The van der Waals surface area contributed by atoms with Crippen LogP contribution in [0.2, 0.25) is 0 Å². The van der Waals surface area contributed by atoms with Crippen molar-refractivity contribution in [3.05, 3.63) is 36.4 Å². The first-order valence-corrected chi connectivity index (χ1v) is 8.85. The van der Waals surface area contributed by atoms with Gasteiger partial charge in [0, 0.05) is 12.5 Å². The van der Waals surface area contributed by atoms with E-state index in [1.165, 1.54) is 0 Å². The second-order valence-electron chi connectivity index (χ2n) is 6.01. The zero-order valence-electron chi connectivity index (χ0n) is 14.8. The molecule has 3 N–H and O–H groups in total. The summed E-state index contributed by atoms with van der Waals surface area (Å²) in [6, 6.07) is 11.0. The molecule has 25 heavy (non-hydrogen) atoms. The number of H-pyrrole nitrogens is 1. The Morgan fingerprint density at radius 3 is 2.60 bits per heavy atom. The normalized spacial score (nSPS) is 11.8. The van der Waals surface area contributed by atoms with E-state index in [1.54, 1.807) is 6.07 Å². The molecule has 2 aromatic rings. The Bertz CT molecular complexity index is 682. The Kier molecular flexibility index (Phi) is 7.19. The highest BCUT2D eigenvalue weighted by molar-refractivity contribution is 5.96. The van der Waals surface area contributed by atoms with Crippen molar-refractivity contribution in [2.45, 2.75) is 52.0 Å². The maximum atomic E-state index is 12.4. The van der Waals surface area contributed by atoms with E-state index in [-0.39, 0.29) is 11.8 Å². The molecule has 1 heterocycles. The molecule has 0 aliphatic carbocycles. The molecular formula is C19H26N4O2. The van der Waals surface area contributed by atoms with Crippen LogP contribution in [0.25, 0.3) is 11.3 Å². The number of unbranched alkanes of at least 4 members (excludes halogenated alkanes) is 2. The van der Waals surface area contributed by atoms with Crippen molar-refractivity contribution in [3.8, 4) is 11.3 Å². The van der Waals surface area contributed by atoms with Crippen LogP contribution in [-0.2, 0) is 9.59 Å². The van der Waals surface area contributed by atoms with E-state index in [4.69, 9.17) is 0 Å². The molecule has 0 spiro atoms. The molecule has 6 nitrogen and oxygen atoms in total. The Labute approximate surface area is 148 Å². The number of hydrogen-bond acceptors (Lipinski definition) is 3. The number of nitrogens with zero attached hydrogens (tertiary/aromatic N) is 1. The van der Waals surface area contributed by atoms with Crippen LogP contribution in [0.15, 0.2) is 36.4 Å². The van der Waals surface area contributed by atoms with Crippen LogP contribution in [0.4, 0.5) is 5.82 Å². The third-order valence-corrected chi connectivity index (χ3v) is 3.98. The van der Waals surface area contributed by atoms with Gasteiger partial charge >= 0.3 is 0 Å². The lowest BCUT2D eigenvalue weighted by atomic mass is 10.1. The van der Waals surface area contributed by atoms with Gasteiger partial charge < -0.3 is 10.6 Å². The highest BCUT2D eigenvalue weighted by atomic mass is 16.2. The fraction of sp³-hybridized carbons (Fsp3) is 0.421. The molecule has 0 bridgehead atoms. The number of nitrogens with one attached hydrogen (secondary N) is 3. The van der Waals surface area contributed by atoms with E-state index in [1.807, 2.05) is 37.3 Å². The Morgan fingerprint density at radius 1 is 1.16 bits per heavy atom. The maximum absolute atomic E-state index is 12.4. The maximum Gasteiger partial charge on any atom is 0.248 e. The Balaban J connectivity index is 1.91. The van der Waals surface area contributed by atoms with Gasteiger partial charge in [-0.25, -0.2) is 0 Å². The first-order valence-electron chi connectivity index (χ1n) is 8.85. The molecule has 2 amide bonds. The van der Waals surface area contributed by atoms with Crippen LogP contribution in [0.1, 0.15) is 46.0 Å². The van der Waals surface area contributed by atoms with Crippen LogP contribution < -0.4 is 10.6 Å². The lowest BCUT2D eigenvalue weighted by Gasteiger charge is -2.15. The van der Waals surface area contributed by atoms with Gasteiger partial charge in [-0.15, -0.1) is 0 Å². The summed E-state index contributed by atoms with van der Waals surface area (Å²) in [5, 5.41) is 12.6. The van der Waals surface area contributed by atoms with Crippen molar-refractivity contribution >= 4 is 17.6 Å². The molecule has 0 aliphatic rings. The van der Waals surface area contributed by atoms with E-state index in [9.17, 15) is 9.59 Å². The molecule has 0 radical (unpaired) electrons. The third kappa shape index (κ3) is 5.74. The van der Waals surface area contributed by atoms with Crippen molar-refractivity contribution in [2.75, 3.05) is 5.32 Å². The zero-order chi connectivity index (χ0) is 18.1. The molecule has 2 rings (SSSR count). The standard InChI is InChI=1S/C19H26N4O2/c1-3-5-7-12-18(24)20-15(4-2)19(25)21-17-13-16(22-23-17)14-10-8-6-9-11-14/h6,8-11,13,15H,3-5,7,12H2,1-2H3,(H,20,24)(H2,21,22,23,25). The second-order valence-corrected chi connectivity index (χ2v) is 6.01. The lowest BCUT2D eigenvalue weighted by Crippen LogP contribution is -2.43. The van der Waals surface area contributed by atoms with Crippen molar-refractivity contribution in [1.29, 1.82) is 0 Å². The average molecular weight is 342 g/mol. The first kappa shape index (κ1) is 18.7. The first-order chi connectivity index (χ1) is 12.1. The molecular weight excluding hydrogens is 316 g/mol. The van der Waals surface area contributed by atoms with Crippen LogP contribution in [0.5, 0.6) is 0 Å². The minimum Gasteiger partial charge on any atom is -0.344 e. The van der Waals surface area contributed by atoms with Crippen LogP contribution in [-0.4, -0.2) is 28.1 Å². The molecule has 134 valence electrons. The minimum atomic E-state index is -0.550. The van der Waals surface area contributed by atoms with Crippen molar-refractivity contribution in [1.82, 2.24) is 15.5 Å². The van der Waals surface area contributed by atoms with Gasteiger partial charge in [0.05, 0.1) is 5.69 Å². The number of carbonyl (C=O) groups is 2. The van der Waals surface area contributed by atoms with Crippen molar-refractivity contribution < 1.29 is 9.59 Å². The number of carbonyl (C=O) groups excluding carboxylic acids is 2. The van der Waals surface area contributed by atoms with E-state index in [0.29, 0.717) is 18.7 Å². The molecule has 0 saturated carbocycles. The number of benzene rings is 1. The monoisotopic (exact) mass is 342 g/mol.